The summed E-state index contributed by atoms with van der Waals surface area (Å²) in [6.07, 6.45) is 5.04. The van der Waals surface area contributed by atoms with Crippen LogP contribution in [0.2, 0.25) is 0 Å². The number of carboxylic acid groups (broad SMARTS) is 1. The Balaban J connectivity index is 1.36. The van der Waals surface area contributed by atoms with Crippen molar-refractivity contribution in [1.82, 2.24) is 9.88 Å². The van der Waals surface area contributed by atoms with Gasteiger partial charge in [0.25, 0.3) is 0 Å². The van der Waals surface area contributed by atoms with Gasteiger partial charge in [-0.05, 0) is 55.8 Å². The third-order valence-electron chi connectivity index (χ3n) is 7.49. The number of carboxylic acids is 1. The number of fused-ring (bicyclic) bond motifs is 1. The molecule has 0 saturated carbocycles. The average molecular weight is 495 g/mol. The van der Waals surface area contributed by atoms with Gasteiger partial charge in [-0.2, -0.15) is 0 Å². The molecular formula is C31H30N2O4. The highest BCUT2D eigenvalue weighted by atomic mass is 16.5. The molecule has 0 spiro atoms. The van der Waals surface area contributed by atoms with E-state index in [1.165, 1.54) is 5.56 Å². The molecular weight excluding hydrogens is 464 g/mol. The Morgan fingerprint density at radius 2 is 1.65 bits per heavy atom. The molecule has 0 amide bonds. The Hall–Kier alpha value is -3.90. The van der Waals surface area contributed by atoms with E-state index in [4.69, 9.17) is 19.2 Å². The van der Waals surface area contributed by atoms with Crippen molar-refractivity contribution < 1.29 is 19.1 Å². The number of oxazole rings is 1. The average Bonchev–Trinajstić information content (AvgIpc) is 3.60. The highest BCUT2D eigenvalue weighted by Gasteiger charge is 2.38. The van der Waals surface area contributed by atoms with Crippen molar-refractivity contribution in [3.8, 4) is 28.3 Å². The van der Waals surface area contributed by atoms with Crippen molar-refractivity contribution in [2.75, 3.05) is 13.2 Å². The molecule has 0 radical (unpaired) electrons. The van der Waals surface area contributed by atoms with Crippen LogP contribution in [0.25, 0.3) is 22.6 Å². The largest absolute Gasteiger partial charge is 0.482 e. The molecule has 6 rings (SSSR count). The van der Waals surface area contributed by atoms with Crippen LogP contribution in [-0.2, 0) is 11.2 Å². The summed E-state index contributed by atoms with van der Waals surface area (Å²) < 4.78 is 12.3. The summed E-state index contributed by atoms with van der Waals surface area (Å²) in [5.74, 6) is 1.30. The van der Waals surface area contributed by atoms with Crippen molar-refractivity contribution in [3.05, 3.63) is 95.9 Å². The SMILES string of the molecule is O=C(O)COc1cccc2c1CCC[C@H]2N1CCC[C@@H]1c1nc(-c2ccccc2)c(-c2ccccc2)o1. The second-order valence-electron chi connectivity index (χ2n) is 9.77. The van der Waals surface area contributed by atoms with Gasteiger partial charge in [-0.3, -0.25) is 4.90 Å². The minimum absolute atomic E-state index is 0.0828. The minimum Gasteiger partial charge on any atom is -0.482 e. The molecule has 1 fully saturated rings. The lowest BCUT2D eigenvalue weighted by molar-refractivity contribution is -0.139. The van der Waals surface area contributed by atoms with E-state index in [-0.39, 0.29) is 18.7 Å². The van der Waals surface area contributed by atoms with Gasteiger partial charge in [0, 0.05) is 17.2 Å². The number of likely N-dealkylation sites (tertiary alicyclic amines) is 1. The van der Waals surface area contributed by atoms with Crippen molar-refractivity contribution >= 4 is 5.97 Å². The standard InChI is InChI=1S/C31H30N2O4/c34-28(35)20-36-27-18-8-14-23-24(27)15-7-16-25(23)33-19-9-17-26(33)31-32-29(21-10-3-1-4-11-21)30(37-31)22-12-5-2-6-13-22/h1-6,8,10-14,18,25-26H,7,9,15-17,19-20H2,(H,34,35)/t25-,26-/m1/s1. The zero-order valence-electron chi connectivity index (χ0n) is 20.7. The highest BCUT2D eigenvalue weighted by molar-refractivity contribution is 5.76. The number of carbonyl (C=O) groups is 1. The lowest BCUT2D eigenvalue weighted by atomic mass is 9.86. The summed E-state index contributed by atoms with van der Waals surface area (Å²) in [7, 11) is 0. The molecule has 2 atom stereocenters. The highest BCUT2D eigenvalue weighted by Crippen LogP contribution is 2.46. The first kappa shape index (κ1) is 23.5. The maximum Gasteiger partial charge on any atom is 0.341 e. The molecule has 3 aromatic carbocycles. The first-order chi connectivity index (χ1) is 18.2. The molecule has 2 heterocycles. The molecule has 6 nitrogen and oxygen atoms in total. The number of aromatic nitrogens is 1. The fraction of sp³-hybridized carbons (Fsp3) is 0.290. The second kappa shape index (κ2) is 10.2. The van der Waals surface area contributed by atoms with E-state index in [0.717, 1.165) is 72.7 Å². The van der Waals surface area contributed by atoms with Crippen molar-refractivity contribution in [1.29, 1.82) is 0 Å². The summed E-state index contributed by atoms with van der Waals surface area (Å²) in [4.78, 5) is 18.7. The molecule has 1 aromatic heterocycles. The van der Waals surface area contributed by atoms with Gasteiger partial charge in [-0.25, -0.2) is 9.78 Å². The van der Waals surface area contributed by atoms with E-state index < -0.39 is 5.97 Å². The predicted molar refractivity (Wildman–Crippen MR) is 141 cm³/mol. The molecule has 2 aliphatic rings. The van der Waals surface area contributed by atoms with Gasteiger partial charge in [0.2, 0.25) is 5.89 Å². The monoisotopic (exact) mass is 494 g/mol. The molecule has 188 valence electrons. The summed E-state index contributed by atoms with van der Waals surface area (Å²) in [6.45, 7) is 0.646. The Bertz CT molecular complexity index is 1330. The van der Waals surface area contributed by atoms with Crippen LogP contribution in [0.1, 0.15) is 54.8 Å². The smallest absolute Gasteiger partial charge is 0.341 e. The molecule has 37 heavy (non-hydrogen) atoms. The number of hydrogen-bond acceptors (Lipinski definition) is 5. The number of benzene rings is 3. The molecule has 0 bridgehead atoms. The summed E-state index contributed by atoms with van der Waals surface area (Å²) in [6, 6.07) is 26.8. The number of nitrogens with zero attached hydrogens (tertiary/aromatic N) is 2. The maximum absolute atomic E-state index is 11.1. The maximum atomic E-state index is 11.1. The number of aliphatic carboxylic acids is 1. The van der Waals surface area contributed by atoms with Crippen molar-refractivity contribution in [2.45, 2.75) is 44.2 Å². The fourth-order valence-electron chi connectivity index (χ4n) is 5.89. The van der Waals surface area contributed by atoms with Gasteiger partial charge in [0.15, 0.2) is 12.4 Å². The number of hydrogen-bond donors (Lipinski definition) is 1. The van der Waals surface area contributed by atoms with Crippen LogP contribution in [0.5, 0.6) is 5.75 Å². The van der Waals surface area contributed by atoms with E-state index in [1.54, 1.807) is 0 Å². The third kappa shape index (κ3) is 4.65. The van der Waals surface area contributed by atoms with Crippen LogP contribution in [-0.4, -0.2) is 34.1 Å². The van der Waals surface area contributed by atoms with Crippen LogP contribution in [0.3, 0.4) is 0 Å². The summed E-state index contributed by atoms with van der Waals surface area (Å²) in [5.41, 5.74) is 5.31. The number of ether oxygens (including phenoxy) is 1. The molecule has 1 aliphatic carbocycles. The van der Waals surface area contributed by atoms with Gasteiger partial charge >= 0.3 is 5.97 Å². The molecule has 4 aromatic rings. The molecule has 6 heteroatoms. The molecule has 1 aliphatic heterocycles. The van der Waals surface area contributed by atoms with Crippen molar-refractivity contribution in [3.63, 3.8) is 0 Å². The van der Waals surface area contributed by atoms with Crippen molar-refractivity contribution in [2.24, 2.45) is 0 Å². The van der Waals surface area contributed by atoms with Crippen LogP contribution in [0.15, 0.2) is 83.3 Å². The lowest BCUT2D eigenvalue weighted by Gasteiger charge is -2.36. The van der Waals surface area contributed by atoms with E-state index in [9.17, 15) is 4.79 Å². The minimum atomic E-state index is -0.961. The van der Waals surface area contributed by atoms with Crippen LogP contribution < -0.4 is 4.74 Å². The quantitative estimate of drug-likeness (QED) is 0.309. The third-order valence-corrected chi connectivity index (χ3v) is 7.49. The van der Waals surface area contributed by atoms with Crippen LogP contribution in [0.4, 0.5) is 0 Å². The zero-order chi connectivity index (χ0) is 25.2. The van der Waals surface area contributed by atoms with Gasteiger partial charge in [-0.15, -0.1) is 0 Å². The summed E-state index contributed by atoms with van der Waals surface area (Å²) in [5, 5.41) is 9.10. The topological polar surface area (TPSA) is 75.8 Å². The molecule has 0 unspecified atom stereocenters. The number of rotatable bonds is 7. The molecule has 1 saturated heterocycles. The van der Waals surface area contributed by atoms with E-state index in [1.807, 2.05) is 48.5 Å². The predicted octanol–water partition coefficient (Wildman–Crippen LogP) is 6.69. The van der Waals surface area contributed by atoms with E-state index >= 15 is 0 Å². The van der Waals surface area contributed by atoms with Crippen LogP contribution >= 0.6 is 0 Å². The van der Waals surface area contributed by atoms with Gasteiger partial charge in [0.05, 0.1) is 6.04 Å². The van der Waals surface area contributed by atoms with Crippen LogP contribution in [0, 0.1) is 0 Å². The lowest BCUT2D eigenvalue weighted by Crippen LogP contribution is -2.31. The van der Waals surface area contributed by atoms with Gasteiger partial charge in [0.1, 0.15) is 11.4 Å². The Labute approximate surface area is 216 Å². The normalized spacial score (nSPS) is 19.5. The van der Waals surface area contributed by atoms with Gasteiger partial charge < -0.3 is 14.3 Å². The van der Waals surface area contributed by atoms with E-state index in [0.29, 0.717) is 5.75 Å². The molecule has 1 N–H and O–H groups in total. The van der Waals surface area contributed by atoms with Gasteiger partial charge in [-0.1, -0.05) is 72.8 Å². The fourth-order valence-corrected chi connectivity index (χ4v) is 5.89. The van der Waals surface area contributed by atoms with E-state index in [2.05, 4.69) is 35.2 Å². The zero-order valence-corrected chi connectivity index (χ0v) is 20.7. The summed E-state index contributed by atoms with van der Waals surface area (Å²) >= 11 is 0. The second-order valence-corrected chi connectivity index (χ2v) is 9.77. The Morgan fingerprint density at radius 3 is 2.41 bits per heavy atom. The Kier molecular flexibility index (Phi) is 6.49. The Morgan fingerprint density at radius 1 is 0.919 bits per heavy atom. The first-order valence-electron chi connectivity index (χ1n) is 13.0. The first-order valence-corrected chi connectivity index (χ1v) is 13.0.